The largest absolute Gasteiger partial charge is 0.284 e. The third kappa shape index (κ3) is 2.83. The zero-order chi connectivity index (χ0) is 14.8. The summed E-state index contributed by atoms with van der Waals surface area (Å²) < 4.78 is 0. The summed E-state index contributed by atoms with van der Waals surface area (Å²) >= 11 is 0. The molecule has 0 fully saturated rings. The highest BCUT2D eigenvalue weighted by Crippen LogP contribution is 2.08. The third-order valence-corrected chi connectivity index (χ3v) is 3.08. The van der Waals surface area contributed by atoms with Crippen LogP contribution in [0.4, 0.5) is 0 Å². The average Bonchev–Trinajstić information content (AvgIpc) is 2.47. The zero-order valence-electron chi connectivity index (χ0n) is 11.9. The quantitative estimate of drug-likeness (QED) is 0.845. The number of hydrogen-bond acceptors (Lipinski definition) is 3. The van der Waals surface area contributed by atoms with Crippen molar-refractivity contribution in [1.29, 1.82) is 0 Å². The Morgan fingerprint density at radius 1 is 1.24 bits per heavy atom. The Kier molecular flexibility index (Phi) is 3.50. The minimum atomic E-state index is 0.166. The molecule has 0 aromatic heterocycles. The van der Waals surface area contributed by atoms with Gasteiger partial charge in [0.05, 0.1) is 11.1 Å². The molecule has 0 saturated heterocycles. The molecule has 2 heterocycles. The van der Waals surface area contributed by atoms with Crippen molar-refractivity contribution in [2.75, 3.05) is 0 Å². The van der Waals surface area contributed by atoms with Gasteiger partial charge in [0, 0.05) is 29.2 Å². The summed E-state index contributed by atoms with van der Waals surface area (Å²) in [5, 5.41) is 12.7. The fraction of sp³-hybridized carbons (Fsp3) is 0.188. The minimum Gasteiger partial charge on any atom is -0.284 e. The van der Waals surface area contributed by atoms with E-state index in [-0.39, 0.29) is 6.04 Å². The van der Waals surface area contributed by atoms with Crippen LogP contribution in [0.15, 0.2) is 57.6 Å². The van der Waals surface area contributed by atoms with Gasteiger partial charge in [0.2, 0.25) is 5.96 Å². The van der Waals surface area contributed by atoms with Crippen molar-refractivity contribution < 1.29 is 5.21 Å². The Bertz CT molecular complexity index is 800. The molecule has 0 unspecified atom stereocenters. The molecule has 2 aliphatic rings. The highest BCUT2D eigenvalue weighted by Gasteiger charge is 2.07. The first-order valence-corrected chi connectivity index (χ1v) is 6.81. The van der Waals surface area contributed by atoms with E-state index in [0.29, 0.717) is 5.96 Å². The van der Waals surface area contributed by atoms with E-state index in [9.17, 15) is 5.21 Å². The molecule has 3 rings (SSSR count). The monoisotopic (exact) mass is 280 g/mol. The molecule has 0 bridgehead atoms. The van der Waals surface area contributed by atoms with Crippen LogP contribution in [0, 0.1) is 0 Å². The Morgan fingerprint density at radius 3 is 2.86 bits per heavy atom. The van der Waals surface area contributed by atoms with E-state index in [0.717, 1.165) is 26.9 Å². The van der Waals surface area contributed by atoms with Gasteiger partial charge in [0.1, 0.15) is 0 Å². The lowest BCUT2D eigenvalue weighted by Crippen LogP contribution is -2.24. The van der Waals surface area contributed by atoms with Gasteiger partial charge in [-0.1, -0.05) is 12.1 Å². The van der Waals surface area contributed by atoms with Gasteiger partial charge < -0.3 is 0 Å². The number of hydroxylamine groups is 2. The molecule has 1 aromatic carbocycles. The van der Waals surface area contributed by atoms with Crippen LogP contribution in [0.1, 0.15) is 19.4 Å². The smallest absolute Gasteiger partial charge is 0.245 e. The number of guanidine groups is 1. The van der Waals surface area contributed by atoms with E-state index in [1.54, 1.807) is 18.5 Å². The van der Waals surface area contributed by atoms with Crippen molar-refractivity contribution in [1.82, 2.24) is 5.06 Å². The molecule has 2 aliphatic heterocycles. The van der Waals surface area contributed by atoms with Crippen LogP contribution in [0.2, 0.25) is 0 Å². The van der Waals surface area contributed by atoms with Crippen molar-refractivity contribution in [2.45, 2.75) is 19.9 Å². The molecule has 0 saturated carbocycles. The number of rotatable bonds is 1. The molecule has 0 spiro atoms. The molecular weight excluding hydrogens is 264 g/mol. The predicted octanol–water partition coefficient (Wildman–Crippen LogP) is 1.39. The van der Waals surface area contributed by atoms with E-state index in [1.807, 2.05) is 44.2 Å². The molecule has 5 nitrogen and oxygen atoms in total. The highest BCUT2D eigenvalue weighted by atomic mass is 16.5. The van der Waals surface area contributed by atoms with Gasteiger partial charge in [-0.2, -0.15) is 0 Å². The Morgan fingerprint density at radius 2 is 2.10 bits per heavy atom. The number of nitrogens with zero attached hydrogens (tertiary/aromatic N) is 4. The first kappa shape index (κ1) is 13.5. The highest BCUT2D eigenvalue weighted by molar-refractivity contribution is 5.96. The second kappa shape index (κ2) is 5.46. The van der Waals surface area contributed by atoms with Gasteiger partial charge >= 0.3 is 0 Å². The minimum absolute atomic E-state index is 0.166. The first-order valence-electron chi connectivity index (χ1n) is 6.81. The van der Waals surface area contributed by atoms with Gasteiger partial charge in [-0.05, 0) is 38.1 Å². The summed E-state index contributed by atoms with van der Waals surface area (Å²) in [5.41, 5.74) is 1.63. The summed E-state index contributed by atoms with van der Waals surface area (Å²) in [4.78, 5) is 13.0. The molecule has 21 heavy (non-hydrogen) atoms. The summed E-state index contributed by atoms with van der Waals surface area (Å²) in [6.07, 6.45) is 8.86. The SMILES string of the molecule is CC(C)N=C1N=Cc2cc(=C3C=CC=CN3O)ccc2=N1. The fourth-order valence-corrected chi connectivity index (χ4v) is 2.14. The molecular formula is C16H16N4O. The predicted molar refractivity (Wildman–Crippen MR) is 82.7 cm³/mol. The van der Waals surface area contributed by atoms with Crippen LogP contribution < -0.4 is 10.6 Å². The van der Waals surface area contributed by atoms with E-state index >= 15 is 0 Å². The average molecular weight is 280 g/mol. The third-order valence-electron chi connectivity index (χ3n) is 3.08. The van der Waals surface area contributed by atoms with Crippen LogP contribution in [0.5, 0.6) is 0 Å². The lowest BCUT2D eigenvalue weighted by atomic mass is 10.1. The molecule has 0 atom stereocenters. The molecule has 1 aromatic rings. The van der Waals surface area contributed by atoms with Crippen molar-refractivity contribution in [3.8, 4) is 0 Å². The van der Waals surface area contributed by atoms with Gasteiger partial charge in [-0.15, -0.1) is 0 Å². The van der Waals surface area contributed by atoms with E-state index in [1.165, 1.54) is 0 Å². The molecule has 1 N–H and O–H groups in total. The number of aliphatic imine (C=N–C) groups is 2. The van der Waals surface area contributed by atoms with Crippen LogP contribution in [-0.2, 0) is 0 Å². The Labute approximate surface area is 122 Å². The lowest BCUT2D eigenvalue weighted by molar-refractivity contribution is 0.0241. The first-order chi connectivity index (χ1) is 10.1. The summed E-state index contributed by atoms with van der Waals surface area (Å²) in [6.45, 7) is 3.98. The number of allylic oxidation sites excluding steroid dienone is 2. The standard InChI is InChI=1S/C16H16N4O/c1-11(2)18-16-17-10-13-9-12(6-7-14(13)19-16)15-5-3-4-8-20(15)21/h3-11,21H,1-2H3. The maximum absolute atomic E-state index is 9.85. The maximum Gasteiger partial charge on any atom is 0.245 e. The number of fused-ring (bicyclic) bond motifs is 1. The van der Waals surface area contributed by atoms with Crippen LogP contribution in [-0.4, -0.2) is 28.5 Å². The van der Waals surface area contributed by atoms with Gasteiger partial charge in [-0.3, -0.25) is 5.21 Å². The van der Waals surface area contributed by atoms with Crippen LogP contribution in [0.3, 0.4) is 0 Å². The van der Waals surface area contributed by atoms with Crippen LogP contribution in [0.25, 0.3) is 5.70 Å². The molecule has 5 heteroatoms. The molecule has 106 valence electrons. The second-order valence-electron chi connectivity index (χ2n) is 5.10. The van der Waals surface area contributed by atoms with Crippen molar-refractivity contribution >= 4 is 17.9 Å². The van der Waals surface area contributed by atoms with Crippen LogP contribution >= 0.6 is 0 Å². The van der Waals surface area contributed by atoms with Crippen molar-refractivity contribution in [3.63, 3.8) is 0 Å². The van der Waals surface area contributed by atoms with Crippen molar-refractivity contribution in [3.05, 3.63) is 58.8 Å². The molecule has 0 radical (unpaired) electrons. The topological polar surface area (TPSA) is 60.5 Å². The van der Waals surface area contributed by atoms with Gasteiger partial charge in [0.25, 0.3) is 0 Å². The normalized spacial score (nSPS) is 21.0. The van der Waals surface area contributed by atoms with Crippen molar-refractivity contribution in [2.24, 2.45) is 15.0 Å². The Balaban J connectivity index is 2.10. The number of hydrogen-bond donors (Lipinski definition) is 1. The fourth-order valence-electron chi connectivity index (χ4n) is 2.14. The zero-order valence-corrected chi connectivity index (χ0v) is 11.9. The molecule has 0 aliphatic carbocycles. The maximum atomic E-state index is 9.85. The van der Waals surface area contributed by atoms with E-state index in [4.69, 9.17) is 0 Å². The number of benzene rings is 1. The summed E-state index contributed by atoms with van der Waals surface area (Å²) in [7, 11) is 0. The molecule has 0 amide bonds. The lowest BCUT2D eigenvalue weighted by Gasteiger charge is -2.15. The Hall–Kier alpha value is -2.53. The van der Waals surface area contributed by atoms with E-state index in [2.05, 4.69) is 15.0 Å². The second-order valence-corrected chi connectivity index (χ2v) is 5.10. The van der Waals surface area contributed by atoms with Gasteiger partial charge in [-0.25, -0.2) is 20.0 Å². The summed E-state index contributed by atoms with van der Waals surface area (Å²) in [6, 6.07) is 5.96. The van der Waals surface area contributed by atoms with E-state index < -0.39 is 0 Å². The summed E-state index contributed by atoms with van der Waals surface area (Å²) in [5.74, 6) is 0.502. The van der Waals surface area contributed by atoms with Gasteiger partial charge in [0.15, 0.2) is 0 Å².